The Morgan fingerprint density at radius 2 is 0.750 bits per heavy atom. The third-order valence-corrected chi connectivity index (χ3v) is 0. The minimum atomic E-state index is 0. The van der Waals surface area contributed by atoms with Crippen molar-refractivity contribution in [3.05, 3.63) is 0 Å². The van der Waals surface area contributed by atoms with Gasteiger partial charge in [-0.3, -0.25) is 0 Å². The van der Waals surface area contributed by atoms with E-state index in [4.69, 9.17) is 0 Å². The predicted octanol–water partition coefficient (Wildman–Crippen LogP) is -5.79. The Balaban J connectivity index is 0. The summed E-state index contributed by atoms with van der Waals surface area (Å²) in [5.74, 6) is 0. The van der Waals surface area contributed by atoms with Gasteiger partial charge in [0.2, 0.25) is 0 Å². The van der Waals surface area contributed by atoms with Gasteiger partial charge in [0.05, 0.1) is 0 Å². The van der Waals surface area contributed by atoms with Crippen LogP contribution in [0.4, 0.5) is 0 Å². The van der Waals surface area contributed by atoms with Gasteiger partial charge in [0.15, 0.2) is 0 Å². The van der Waals surface area contributed by atoms with Crippen LogP contribution in [0.1, 0.15) is 0 Å². The van der Waals surface area contributed by atoms with Gasteiger partial charge in [-0.1, -0.05) is 0 Å². The molecular formula is HBr3In-2. The fraction of sp³-hybridized carbons (Fsp3) is 0. The molecule has 0 heterocycles. The topological polar surface area (TPSA) is 0 Å². The fourth-order valence-corrected chi connectivity index (χ4v) is 0. The average Bonchev–Trinajstić information content (AvgIpc) is 0. The number of rotatable bonds is 0. The second kappa shape index (κ2) is 18.5. The summed E-state index contributed by atoms with van der Waals surface area (Å²) in [5.41, 5.74) is 0. The van der Waals surface area contributed by atoms with Gasteiger partial charge in [0.1, 0.15) is 0 Å². The third kappa shape index (κ3) is 8.85. The molecule has 3 radical (unpaired) electrons. The molecule has 0 fully saturated rings. The van der Waals surface area contributed by atoms with Crippen LogP contribution < -0.4 is 34.0 Å². The molecule has 0 aliphatic carbocycles. The molecule has 27 valence electrons. The van der Waals surface area contributed by atoms with Crippen molar-refractivity contribution < 1.29 is 34.0 Å². The van der Waals surface area contributed by atoms with Crippen LogP contribution in [0.5, 0.6) is 0 Å². The first-order valence-corrected chi connectivity index (χ1v) is 0. The molecule has 0 spiro atoms. The van der Waals surface area contributed by atoms with Crippen molar-refractivity contribution in [2.24, 2.45) is 0 Å². The first-order valence-electron chi connectivity index (χ1n) is 0. The summed E-state index contributed by atoms with van der Waals surface area (Å²) in [5, 5.41) is 0. The van der Waals surface area contributed by atoms with Crippen molar-refractivity contribution in [3.63, 3.8) is 0 Å². The van der Waals surface area contributed by atoms with Crippen LogP contribution in [0.15, 0.2) is 0 Å². The maximum absolute atomic E-state index is 0. The second-order valence-corrected chi connectivity index (χ2v) is 0. The Labute approximate surface area is 75.8 Å². The van der Waals surface area contributed by atoms with Crippen molar-refractivity contribution in [2.45, 2.75) is 0 Å². The molecule has 4 heteroatoms. The maximum Gasteiger partial charge on any atom is 0 e. The van der Waals surface area contributed by atoms with E-state index in [0.29, 0.717) is 0 Å². The summed E-state index contributed by atoms with van der Waals surface area (Å²) in [6.45, 7) is 0. The number of halogens is 3. The molecule has 4 heavy (non-hydrogen) atoms. The Kier molecular flexibility index (Phi) is 154. The van der Waals surface area contributed by atoms with Gasteiger partial charge in [-0.2, -0.15) is 0 Å². The van der Waals surface area contributed by atoms with Gasteiger partial charge >= 0.3 is 0 Å². The summed E-state index contributed by atoms with van der Waals surface area (Å²) in [6.07, 6.45) is 0. The zero-order chi connectivity index (χ0) is 0. The molecule has 0 nitrogen and oxygen atoms in total. The normalized spacial score (nSPS) is 0. The molecular weight excluding hydrogens is 355 g/mol. The summed E-state index contributed by atoms with van der Waals surface area (Å²) >= 11 is 0. The summed E-state index contributed by atoms with van der Waals surface area (Å²) in [4.78, 5) is 0. The molecule has 0 bridgehead atoms. The van der Waals surface area contributed by atoms with Crippen LogP contribution >= 0.6 is 17.0 Å². The Hall–Kier alpha value is 2.31. The molecule has 0 atom stereocenters. The zero-order valence-corrected chi connectivity index (χ0v) is 9.92. The van der Waals surface area contributed by atoms with E-state index in [1.807, 2.05) is 0 Å². The first kappa shape index (κ1) is 33.3. The quantitative estimate of drug-likeness (QED) is 0.406. The summed E-state index contributed by atoms with van der Waals surface area (Å²) < 4.78 is 0. The Morgan fingerprint density at radius 3 is 0.750 bits per heavy atom. The molecule has 0 rings (SSSR count). The van der Waals surface area contributed by atoms with Gasteiger partial charge in [-0.15, -0.1) is 17.0 Å². The van der Waals surface area contributed by atoms with Crippen LogP contribution in [0.25, 0.3) is 0 Å². The molecule has 0 aromatic carbocycles. The smallest absolute Gasteiger partial charge is 0 e. The maximum atomic E-state index is 0. The van der Waals surface area contributed by atoms with Crippen molar-refractivity contribution in [1.29, 1.82) is 0 Å². The van der Waals surface area contributed by atoms with E-state index in [2.05, 4.69) is 0 Å². The van der Waals surface area contributed by atoms with E-state index in [1.165, 1.54) is 0 Å². The fourth-order valence-electron chi connectivity index (χ4n) is 0. The molecule has 0 aliphatic heterocycles. The Bertz CT molecular complexity index is 3.25. The van der Waals surface area contributed by atoms with E-state index in [-0.39, 0.29) is 76.8 Å². The number of hydrogen-bond acceptors (Lipinski definition) is 0. The van der Waals surface area contributed by atoms with Crippen LogP contribution in [0.2, 0.25) is 0 Å². The van der Waals surface area contributed by atoms with E-state index < -0.39 is 0 Å². The molecule has 0 saturated carbocycles. The molecule has 0 aromatic heterocycles. The molecule has 0 saturated heterocycles. The standard InChI is InChI=1S/3BrH.In/h3*1H;/p-2. The first-order chi connectivity index (χ1) is 0. The molecule has 0 aromatic rings. The van der Waals surface area contributed by atoms with Crippen molar-refractivity contribution >= 4 is 42.8 Å². The minimum Gasteiger partial charge on any atom is -1.00 e. The van der Waals surface area contributed by atoms with Gasteiger partial charge in [-0.05, 0) is 0 Å². The minimum absolute atomic E-state index is 0. The molecule has 0 unspecified atom stereocenters. The van der Waals surface area contributed by atoms with Gasteiger partial charge in [-0.25, -0.2) is 0 Å². The van der Waals surface area contributed by atoms with Gasteiger partial charge in [0.25, 0.3) is 0 Å². The molecule has 0 N–H and O–H groups in total. The van der Waals surface area contributed by atoms with Crippen LogP contribution in [0, 0.1) is 0 Å². The summed E-state index contributed by atoms with van der Waals surface area (Å²) in [7, 11) is 0. The predicted molar refractivity (Wildman–Crippen MR) is 16.1 cm³/mol. The van der Waals surface area contributed by atoms with Crippen LogP contribution in [-0.2, 0) is 0 Å². The largest absolute Gasteiger partial charge is 1.00 e. The number of hydrogen-bond donors (Lipinski definition) is 0. The molecule has 0 amide bonds. The monoisotopic (exact) mass is 353 g/mol. The van der Waals surface area contributed by atoms with E-state index in [0.717, 1.165) is 0 Å². The van der Waals surface area contributed by atoms with Crippen LogP contribution in [-0.4, -0.2) is 25.8 Å². The van der Waals surface area contributed by atoms with Gasteiger partial charge in [0, 0.05) is 25.8 Å². The van der Waals surface area contributed by atoms with Crippen molar-refractivity contribution in [3.8, 4) is 0 Å². The SMILES string of the molecule is Br.[Br-].[Br-].[In]. The van der Waals surface area contributed by atoms with Crippen LogP contribution in [0.3, 0.4) is 0 Å². The Morgan fingerprint density at radius 1 is 0.750 bits per heavy atom. The third-order valence-electron chi connectivity index (χ3n) is 0. The zero-order valence-electron chi connectivity index (χ0n) is 1.74. The van der Waals surface area contributed by atoms with E-state index in [9.17, 15) is 0 Å². The van der Waals surface area contributed by atoms with E-state index >= 15 is 0 Å². The molecule has 0 aliphatic rings. The van der Waals surface area contributed by atoms with E-state index in [1.54, 1.807) is 0 Å². The van der Waals surface area contributed by atoms with Crippen molar-refractivity contribution in [1.82, 2.24) is 0 Å². The summed E-state index contributed by atoms with van der Waals surface area (Å²) in [6, 6.07) is 0. The van der Waals surface area contributed by atoms with Gasteiger partial charge < -0.3 is 34.0 Å². The van der Waals surface area contributed by atoms with Crippen molar-refractivity contribution in [2.75, 3.05) is 0 Å². The second-order valence-electron chi connectivity index (χ2n) is 0. The average molecular weight is 356 g/mol.